The SMILES string of the molecule is NNc1nccc2nc(-c3ccccc3)c(-c3ccc(F)cc3)cc12. The van der Waals surface area contributed by atoms with Gasteiger partial charge in [0.2, 0.25) is 0 Å². The van der Waals surface area contributed by atoms with Crippen LogP contribution in [0.1, 0.15) is 0 Å². The van der Waals surface area contributed by atoms with Gasteiger partial charge < -0.3 is 5.43 Å². The van der Waals surface area contributed by atoms with Crippen LogP contribution in [0.2, 0.25) is 0 Å². The minimum Gasteiger partial charge on any atom is -0.308 e. The van der Waals surface area contributed by atoms with Crippen LogP contribution in [0, 0.1) is 5.82 Å². The van der Waals surface area contributed by atoms with Crippen molar-refractivity contribution in [2.24, 2.45) is 5.84 Å². The van der Waals surface area contributed by atoms with Gasteiger partial charge in [0.1, 0.15) is 11.6 Å². The Balaban J connectivity index is 2.04. The zero-order chi connectivity index (χ0) is 17.2. The Bertz CT molecular complexity index is 1030. The lowest BCUT2D eigenvalue weighted by Crippen LogP contribution is -2.09. The second kappa shape index (κ2) is 6.30. The lowest BCUT2D eigenvalue weighted by molar-refractivity contribution is 0.628. The number of hydrogen-bond acceptors (Lipinski definition) is 4. The molecule has 4 aromatic rings. The van der Waals surface area contributed by atoms with Crippen LogP contribution in [0.5, 0.6) is 0 Å². The molecule has 0 bridgehead atoms. The van der Waals surface area contributed by atoms with Crippen LogP contribution >= 0.6 is 0 Å². The van der Waals surface area contributed by atoms with Gasteiger partial charge >= 0.3 is 0 Å². The predicted molar refractivity (Wildman–Crippen MR) is 98.2 cm³/mol. The molecular weight excluding hydrogens is 315 g/mol. The molecule has 0 aliphatic rings. The Morgan fingerprint density at radius 2 is 1.64 bits per heavy atom. The summed E-state index contributed by atoms with van der Waals surface area (Å²) in [6.07, 6.45) is 1.66. The fourth-order valence-corrected chi connectivity index (χ4v) is 2.88. The topological polar surface area (TPSA) is 63.8 Å². The highest BCUT2D eigenvalue weighted by atomic mass is 19.1. The Morgan fingerprint density at radius 1 is 0.880 bits per heavy atom. The second-order valence-corrected chi connectivity index (χ2v) is 5.63. The third-order valence-electron chi connectivity index (χ3n) is 4.08. The fourth-order valence-electron chi connectivity index (χ4n) is 2.88. The molecular formula is C20H15FN4. The van der Waals surface area contributed by atoms with E-state index in [4.69, 9.17) is 10.8 Å². The lowest BCUT2D eigenvalue weighted by atomic mass is 9.97. The Morgan fingerprint density at radius 3 is 2.36 bits per heavy atom. The monoisotopic (exact) mass is 330 g/mol. The van der Waals surface area contributed by atoms with Gasteiger partial charge in [0.15, 0.2) is 0 Å². The van der Waals surface area contributed by atoms with Gasteiger partial charge in [-0.1, -0.05) is 42.5 Å². The van der Waals surface area contributed by atoms with Crippen LogP contribution in [0.25, 0.3) is 33.3 Å². The molecule has 5 heteroatoms. The van der Waals surface area contributed by atoms with E-state index in [9.17, 15) is 4.39 Å². The number of hydrogen-bond donors (Lipinski definition) is 2. The van der Waals surface area contributed by atoms with E-state index >= 15 is 0 Å². The molecule has 4 rings (SSSR count). The highest BCUT2D eigenvalue weighted by Gasteiger charge is 2.13. The second-order valence-electron chi connectivity index (χ2n) is 5.63. The summed E-state index contributed by atoms with van der Waals surface area (Å²) in [7, 11) is 0. The summed E-state index contributed by atoms with van der Waals surface area (Å²) in [5.74, 6) is 5.86. The van der Waals surface area contributed by atoms with E-state index < -0.39 is 0 Å². The molecule has 25 heavy (non-hydrogen) atoms. The molecule has 0 unspecified atom stereocenters. The molecule has 0 radical (unpaired) electrons. The number of hydrazine groups is 1. The van der Waals surface area contributed by atoms with Gasteiger partial charge in [0.05, 0.1) is 11.2 Å². The quantitative estimate of drug-likeness (QED) is 0.432. The largest absolute Gasteiger partial charge is 0.308 e. The summed E-state index contributed by atoms with van der Waals surface area (Å²) in [4.78, 5) is 9.06. The number of pyridine rings is 2. The number of nitrogens with one attached hydrogen (secondary N) is 1. The van der Waals surface area contributed by atoms with E-state index in [1.165, 1.54) is 12.1 Å². The number of fused-ring (bicyclic) bond motifs is 1. The van der Waals surface area contributed by atoms with Crippen molar-refractivity contribution < 1.29 is 4.39 Å². The van der Waals surface area contributed by atoms with Gasteiger partial charge in [-0.15, -0.1) is 0 Å². The van der Waals surface area contributed by atoms with Gasteiger partial charge in [-0.05, 0) is 29.8 Å². The number of aromatic nitrogens is 2. The minimum absolute atomic E-state index is 0.273. The Hall–Kier alpha value is -3.31. The summed E-state index contributed by atoms with van der Waals surface area (Å²) in [6, 6.07) is 20.1. The summed E-state index contributed by atoms with van der Waals surface area (Å²) in [6.45, 7) is 0. The van der Waals surface area contributed by atoms with E-state index in [1.54, 1.807) is 18.3 Å². The molecule has 0 saturated carbocycles. The maximum atomic E-state index is 13.3. The molecule has 0 spiro atoms. The van der Waals surface area contributed by atoms with Crippen LogP contribution in [0.4, 0.5) is 10.2 Å². The average Bonchev–Trinajstić information content (AvgIpc) is 2.68. The van der Waals surface area contributed by atoms with Crippen LogP contribution in [0.3, 0.4) is 0 Å². The van der Waals surface area contributed by atoms with E-state index in [1.807, 2.05) is 42.5 Å². The molecule has 122 valence electrons. The molecule has 0 aliphatic heterocycles. The van der Waals surface area contributed by atoms with Crippen molar-refractivity contribution in [2.75, 3.05) is 5.43 Å². The maximum Gasteiger partial charge on any atom is 0.149 e. The van der Waals surface area contributed by atoms with Gasteiger partial charge in [0.25, 0.3) is 0 Å². The van der Waals surface area contributed by atoms with Gasteiger partial charge in [-0.3, -0.25) is 0 Å². The highest BCUT2D eigenvalue weighted by molar-refractivity contribution is 5.96. The van der Waals surface area contributed by atoms with Crippen LogP contribution in [-0.4, -0.2) is 9.97 Å². The van der Waals surface area contributed by atoms with Gasteiger partial charge in [-0.2, -0.15) is 0 Å². The first-order valence-corrected chi connectivity index (χ1v) is 7.84. The van der Waals surface area contributed by atoms with Gasteiger partial charge in [0, 0.05) is 22.7 Å². The molecule has 2 heterocycles. The van der Waals surface area contributed by atoms with Crippen LogP contribution < -0.4 is 11.3 Å². The molecule has 2 aromatic carbocycles. The van der Waals surface area contributed by atoms with E-state index in [0.29, 0.717) is 5.82 Å². The third-order valence-corrected chi connectivity index (χ3v) is 4.08. The zero-order valence-electron chi connectivity index (χ0n) is 13.3. The highest BCUT2D eigenvalue weighted by Crippen LogP contribution is 2.34. The Labute approximate surface area is 144 Å². The molecule has 0 fully saturated rings. The molecule has 0 saturated heterocycles. The molecule has 4 nitrogen and oxygen atoms in total. The minimum atomic E-state index is -0.273. The third kappa shape index (κ3) is 2.81. The van der Waals surface area contributed by atoms with Crippen molar-refractivity contribution in [3.05, 3.63) is 78.7 Å². The van der Waals surface area contributed by atoms with Crippen molar-refractivity contribution in [1.29, 1.82) is 0 Å². The maximum absolute atomic E-state index is 13.3. The van der Waals surface area contributed by atoms with Gasteiger partial charge in [-0.25, -0.2) is 20.2 Å². The Kier molecular flexibility index (Phi) is 3.84. The van der Waals surface area contributed by atoms with Crippen molar-refractivity contribution >= 4 is 16.7 Å². The smallest absolute Gasteiger partial charge is 0.149 e. The molecule has 0 atom stereocenters. The standard InChI is InChI=1S/C20H15FN4/c21-15-8-6-13(7-9-15)16-12-17-18(10-11-23-20(17)25-22)24-19(16)14-4-2-1-3-5-14/h1-12H,22H2,(H,23,25). The first-order chi connectivity index (χ1) is 12.3. The number of anilines is 1. The van der Waals surface area contributed by atoms with Crippen molar-refractivity contribution in [3.63, 3.8) is 0 Å². The first kappa shape index (κ1) is 15.2. The van der Waals surface area contributed by atoms with Crippen LogP contribution in [-0.2, 0) is 0 Å². The summed E-state index contributed by atoms with van der Waals surface area (Å²) < 4.78 is 13.3. The predicted octanol–water partition coefficient (Wildman–Crippen LogP) is 4.39. The van der Waals surface area contributed by atoms with Crippen molar-refractivity contribution in [3.8, 4) is 22.4 Å². The summed E-state index contributed by atoms with van der Waals surface area (Å²) in [5, 5.41) is 0.809. The fraction of sp³-hybridized carbons (Fsp3) is 0. The zero-order valence-corrected chi connectivity index (χ0v) is 13.3. The molecule has 0 aliphatic carbocycles. The van der Waals surface area contributed by atoms with E-state index in [0.717, 1.165) is 33.3 Å². The number of nitrogen functional groups attached to an aromatic ring is 1. The van der Waals surface area contributed by atoms with E-state index in [2.05, 4.69) is 10.4 Å². The summed E-state index contributed by atoms with van der Waals surface area (Å²) in [5.41, 5.74) is 6.98. The lowest BCUT2D eigenvalue weighted by Gasteiger charge is -2.13. The number of rotatable bonds is 3. The summed E-state index contributed by atoms with van der Waals surface area (Å²) >= 11 is 0. The normalized spacial score (nSPS) is 10.8. The number of nitrogens with two attached hydrogens (primary N) is 1. The number of nitrogens with zero attached hydrogens (tertiary/aromatic N) is 2. The first-order valence-electron chi connectivity index (χ1n) is 7.84. The van der Waals surface area contributed by atoms with E-state index in [-0.39, 0.29) is 5.82 Å². The molecule has 3 N–H and O–H groups in total. The number of halogens is 1. The van der Waals surface area contributed by atoms with Crippen LogP contribution in [0.15, 0.2) is 72.9 Å². The number of benzene rings is 2. The molecule has 2 aromatic heterocycles. The molecule has 0 amide bonds. The average molecular weight is 330 g/mol. The van der Waals surface area contributed by atoms with Crippen molar-refractivity contribution in [2.45, 2.75) is 0 Å². The van der Waals surface area contributed by atoms with Crippen molar-refractivity contribution in [1.82, 2.24) is 9.97 Å².